The van der Waals surface area contributed by atoms with Gasteiger partial charge in [0.05, 0.1) is 20.8 Å². The van der Waals surface area contributed by atoms with Crippen molar-refractivity contribution in [1.29, 1.82) is 0 Å². The zero-order chi connectivity index (χ0) is 20.8. The van der Waals surface area contributed by atoms with Gasteiger partial charge in [0.15, 0.2) is 6.10 Å². The Balaban J connectivity index is 1.60. The molecule has 0 spiro atoms. The third-order valence-electron chi connectivity index (χ3n) is 4.27. The molecule has 8 nitrogen and oxygen atoms in total. The van der Waals surface area contributed by atoms with Crippen LogP contribution in [-0.4, -0.2) is 48.3 Å². The number of hydrogen-bond donors (Lipinski definition) is 0. The average molecular weight is 397 g/mol. The number of nitrogens with zero attached hydrogens (tertiary/aromatic N) is 3. The quantitative estimate of drug-likeness (QED) is 0.577. The van der Waals surface area contributed by atoms with Gasteiger partial charge in [-0.1, -0.05) is 11.2 Å². The van der Waals surface area contributed by atoms with Crippen LogP contribution in [0.25, 0.3) is 11.4 Å². The van der Waals surface area contributed by atoms with Crippen LogP contribution in [0.2, 0.25) is 0 Å². The van der Waals surface area contributed by atoms with Crippen LogP contribution in [0.5, 0.6) is 17.2 Å². The monoisotopic (exact) mass is 397 g/mol. The molecule has 8 heteroatoms. The van der Waals surface area contributed by atoms with E-state index in [2.05, 4.69) is 10.1 Å². The highest BCUT2D eigenvalue weighted by atomic mass is 16.5. The maximum Gasteiger partial charge on any atom is 0.263 e. The Labute approximate surface area is 169 Å². The maximum absolute atomic E-state index is 12.6. The molecule has 0 radical (unpaired) electrons. The van der Waals surface area contributed by atoms with Crippen LogP contribution in [0.1, 0.15) is 12.8 Å². The molecule has 0 N–H and O–H groups in total. The van der Waals surface area contributed by atoms with Crippen molar-refractivity contribution in [3.8, 4) is 28.6 Å². The summed E-state index contributed by atoms with van der Waals surface area (Å²) in [5.74, 6) is 2.53. The molecule has 0 saturated carbocycles. The Morgan fingerprint density at radius 1 is 1.07 bits per heavy atom. The second kappa shape index (κ2) is 9.09. The van der Waals surface area contributed by atoms with Gasteiger partial charge in [0, 0.05) is 18.7 Å². The summed E-state index contributed by atoms with van der Waals surface area (Å²) in [5, 5.41) is 3.98. The normalized spacial score (nSPS) is 11.6. The van der Waals surface area contributed by atoms with Crippen LogP contribution < -0.4 is 14.2 Å². The summed E-state index contributed by atoms with van der Waals surface area (Å²) in [5.41, 5.74) is 0.796. The smallest absolute Gasteiger partial charge is 0.263 e. The molecule has 29 heavy (non-hydrogen) atoms. The van der Waals surface area contributed by atoms with Crippen LogP contribution >= 0.6 is 0 Å². The number of carbonyl (C=O) groups excluding carboxylic acids is 1. The van der Waals surface area contributed by atoms with Gasteiger partial charge in [-0.05, 0) is 43.3 Å². The van der Waals surface area contributed by atoms with E-state index in [0.717, 1.165) is 11.3 Å². The number of methoxy groups -OCH3 is 2. The highest BCUT2D eigenvalue weighted by Crippen LogP contribution is 2.21. The molecular weight excluding hydrogens is 374 g/mol. The number of hydrogen-bond acceptors (Lipinski definition) is 7. The van der Waals surface area contributed by atoms with Crippen molar-refractivity contribution < 1.29 is 23.5 Å². The van der Waals surface area contributed by atoms with E-state index < -0.39 is 6.10 Å². The molecule has 1 aromatic heterocycles. The molecule has 0 bridgehead atoms. The molecule has 0 unspecified atom stereocenters. The van der Waals surface area contributed by atoms with Crippen molar-refractivity contribution in [2.45, 2.75) is 19.6 Å². The van der Waals surface area contributed by atoms with Gasteiger partial charge in [-0.3, -0.25) is 4.79 Å². The predicted octanol–water partition coefficient (Wildman–Crippen LogP) is 3.18. The molecule has 0 fully saturated rings. The van der Waals surface area contributed by atoms with E-state index >= 15 is 0 Å². The number of carbonyl (C=O) groups is 1. The van der Waals surface area contributed by atoms with Crippen LogP contribution in [0.3, 0.4) is 0 Å². The van der Waals surface area contributed by atoms with Gasteiger partial charge >= 0.3 is 0 Å². The van der Waals surface area contributed by atoms with Gasteiger partial charge in [0.2, 0.25) is 11.7 Å². The number of ether oxygens (including phenoxy) is 3. The Bertz CT molecular complexity index is 955. The summed E-state index contributed by atoms with van der Waals surface area (Å²) in [6.45, 7) is 1.86. The highest BCUT2D eigenvalue weighted by Gasteiger charge is 2.21. The lowest BCUT2D eigenvalue weighted by Crippen LogP contribution is -2.37. The first-order chi connectivity index (χ1) is 14.0. The number of likely N-dealkylation sites (N-methyl/N-ethyl adjacent to an activating group) is 1. The van der Waals surface area contributed by atoms with Gasteiger partial charge in [0.1, 0.15) is 17.2 Å². The lowest BCUT2D eigenvalue weighted by Gasteiger charge is -2.20. The van der Waals surface area contributed by atoms with Gasteiger partial charge in [-0.15, -0.1) is 0 Å². The number of aromatic nitrogens is 2. The van der Waals surface area contributed by atoms with Gasteiger partial charge in [-0.2, -0.15) is 4.98 Å². The summed E-state index contributed by atoms with van der Waals surface area (Å²) in [6, 6.07) is 14.4. The molecule has 1 atom stereocenters. The van der Waals surface area contributed by atoms with Crippen molar-refractivity contribution in [3.63, 3.8) is 0 Å². The maximum atomic E-state index is 12.6. The van der Waals surface area contributed by atoms with E-state index in [9.17, 15) is 4.79 Å². The van der Waals surface area contributed by atoms with E-state index in [1.807, 2.05) is 24.3 Å². The number of rotatable bonds is 8. The fraction of sp³-hybridized carbons (Fsp3) is 0.286. The molecule has 152 valence electrons. The van der Waals surface area contributed by atoms with Gasteiger partial charge in [0.25, 0.3) is 5.91 Å². The molecule has 3 aromatic rings. The molecular formula is C21H23N3O5. The summed E-state index contributed by atoms with van der Waals surface area (Å²) >= 11 is 0. The zero-order valence-electron chi connectivity index (χ0n) is 16.8. The van der Waals surface area contributed by atoms with Crippen molar-refractivity contribution in [2.24, 2.45) is 0 Å². The molecule has 1 amide bonds. The van der Waals surface area contributed by atoms with Crippen LogP contribution in [0.15, 0.2) is 53.1 Å². The number of benzene rings is 2. The average Bonchev–Trinajstić information content (AvgIpc) is 3.21. The second-order valence-corrected chi connectivity index (χ2v) is 6.37. The number of amides is 1. The van der Waals surface area contributed by atoms with E-state index in [-0.39, 0.29) is 12.5 Å². The Kier molecular flexibility index (Phi) is 6.33. The lowest BCUT2D eigenvalue weighted by atomic mass is 10.2. The minimum absolute atomic E-state index is 0.174. The molecule has 1 heterocycles. The molecule has 2 aromatic carbocycles. The largest absolute Gasteiger partial charge is 0.497 e. The van der Waals surface area contributed by atoms with E-state index in [4.69, 9.17) is 18.7 Å². The predicted molar refractivity (Wildman–Crippen MR) is 106 cm³/mol. The van der Waals surface area contributed by atoms with Crippen molar-refractivity contribution >= 4 is 5.91 Å². The summed E-state index contributed by atoms with van der Waals surface area (Å²) in [6.07, 6.45) is -0.684. The van der Waals surface area contributed by atoms with Crippen LogP contribution in [0, 0.1) is 0 Å². The fourth-order valence-electron chi connectivity index (χ4n) is 2.70. The third-order valence-corrected chi connectivity index (χ3v) is 4.27. The van der Waals surface area contributed by atoms with Crippen molar-refractivity contribution in [3.05, 3.63) is 54.4 Å². The third kappa shape index (κ3) is 5.04. The second-order valence-electron chi connectivity index (χ2n) is 6.37. The molecule has 0 aliphatic carbocycles. The first-order valence-corrected chi connectivity index (χ1v) is 9.03. The molecule has 0 aliphatic rings. The summed E-state index contributed by atoms with van der Waals surface area (Å²) in [4.78, 5) is 18.5. The molecule has 3 rings (SSSR count). The fourth-order valence-corrected chi connectivity index (χ4v) is 2.70. The van der Waals surface area contributed by atoms with Crippen molar-refractivity contribution in [2.75, 3.05) is 21.3 Å². The SMILES string of the molecule is COc1ccc(-c2noc(CN(C)C(=O)[C@H](C)Oc3cccc(OC)c3)n2)cc1. The standard InChI is InChI=1S/C21H23N3O5/c1-14(28-18-7-5-6-17(12-18)27-4)21(25)24(2)13-19-22-20(23-29-19)15-8-10-16(26-3)11-9-15/h5-12,14H,13H2,1-4H3/t14-/m0/s1. The first kappa shape index (κ1) is 20.2. The zero-order valence-corrected chi connectivity index (χ0v) is 16.8. The lowest BCUT2D eigenvalue weighted by molar-refractivity contribution is -0.137. The van der Waals surface area contributed by atoms with Crippen LogP contribution in [-0.2, 0) is 11.3 Å². The topological polar surface area (TPSA) is 86.9 Å². The molecule has 0 saturated heterocycles. The summed E-state index contributed by atoms with van der Waals surface area (Å²) < 4.78 is 21.3. The van der Waals surface area contributed by atoms with E-state index in [1.165, 1.54) is 4.90 Å². The first-order valence-electron chi connectivity index (χ1n) is 9.03. The Morgan fingerprint density at radius 3 is 2.45 bits per heavy atom. The van der Waals surface area contributed by atoms with Gasteiger partial charge < -0.3 is 23.6 Å². The Hall–Kier alpha value is -3.55. The van der Waals surface area contributed by atoms with E-state index in [0.29, 0.717) is 23.2 Å². The van der Waals surface area contributed by atoms with Gasteiger partial charge in [-0.25, -0.2) is 0 Å². The molecule has 0 aliphatic heterocycles. The van der Waals surface area contributed by atoms with E-state index in [1.54, 1.807) is 52.5 Å². The highest BCUT2D eigenvalue weighted by molar-refractivity contribution is 5.80. The summed E-state index contributed by atoms with van der Waals surface area (Å²) in [7, 11) is 4.84. The van der Waals surface area contributed by atoms with Crippen LogP contribution in [0.4, 0.5) is 0 Å². The Morgan fingerprint density at radius 2 is 1.76 bits per heavy atom. The van der Waals surface area contributed by atoms with Crippen molar-refractivity contribution in [1.82, 2.24) is 15.0 Å². The minimum atomic E-state index is -0.684. The minimum Gasteiger partial charge on any atom is -0.497 e.